The number of benzene rings is 1. The smallest absolute Gasteiger partial charge is 0.165 e. The second-order valence-corrected chi connectivity index (χ2v) is 5.69. The van der Waals surface area contributed by atoms with E-state index in [1.165, 1.54) is 0 Å². The Bertz CT molecular complexity index is 450. The molecule has 0 spiro atoms. The first kappa shape index (κ1) is 14.5. The summed E-state index contributed by atoms with van der Waals surface area (Å²) in [6, 6.07) is 7.14. The highest BCUT2D eigenvalue weighted by Gasteiger charge is 2.24. The molecule has 0 bridgehead atoms. The summed E-state index contributed by atoms with van der Waals surface area (Å²) in [5, 5.41) is 10.3. The molecule has 2 unspecified atom stereocenters. The summed E-state index contributed by atoms with van der Waals surface area (Å²) in [6.45, 7) is 4.37. The molecule has 0 radical (unpaired) electrons. The van der Waals surface area contributed by atoms with E-state index >= 15 is 0 Å². The van der Waals surface area contributed by atoms with Crippen molar-refractivity contribution in [1.29, 1.82) is 0 Å². The van der Waals surface area contributed by atoms with Crippen molar-refractivity contribution in [1.82, 2.24) is 4.90 Å². The molecule has 1 aromatic rings. The van der Waals surface area contributed by atoms with Gasteiger partial charge in [-0.05, 0) is 31.0 Å². The number of piperidine rings is 1. The quantitative estimate of drug-likeness (QED) is 0.863. The van der Waals surface area contributed by atoms with Crippen LogP contribution >= 0.6 is 11.6 Å². The van der Waals surface area contributed by atoms with Crippen LogP contribution in [0.3, 0.4) is 0 Å². The van der Waals surface area contributed by atoms with Crippen LogP contribution in [0.1, 0.15) is 30.1 Å². The predicted octanol–water partition coefficient (Wildman–Crippen LogP) is 2.62. The van der Waals surface area contributed by atoms with Crippen molar-refractivity contribution in [3.63, 3.8) is 0 Å². The first-order valence-corrected chi connectivity index (χ1v) is 7.14. The summed E-state index contributed by atoms with van der Waals surface area (Å²) in [5.74, 6) is 0.425. The van der Waals surface area contributed by atoms with Crippen molar-refractivity contribution in [3.8, 4) is 0 Å². The molecule has 1 aliphatic heterocycles. The van der Waals surface area contributed by atoms with E-state index in [0.717, 1.165) is 13.0 Å². The van der Waals surface area contributed by atoms with Gasteiger partial charge in [-0.25, -0.2) is 0 Å². The molecule has 0 saturated carbocycles. The number of carbonyl (C=O) groups is 1. The van der Waals surface area contributed by atoms with E-state index < -0.39 is 0 Å². The number of aliphatic hydroxyl groups excluding tert-OH is 1. The molecule has 104 valence electrons. The molecule has 2 rings (SSSR count). The van der Waals surface area contributed by atoms with Gasteiger partial charge in [-0.15, -0.1) is 0 Å². The third kappa shape index (κ3) is 3.78. The average molecular weight is 282 g/mol. The maximum atomic E-state index is 12.1. The van der Waals surface area contributed by atoms with Crippen LogP contribution in [0.15, 0.2) is 24.3 Å². The van der Waals surface area contributed by atoms with Gasteiger partial charge in [0.05, 0.1) is 11.1 Å². The molecule has 19 heavy (non-hydrogen) atoms. The standard InChI is InChI=1S/C15H20ClNO2/c1-11-6-8-17(10-15(11)19)9-7-14(18)12-4-2-3-5-13(12)16/h2-5,11,15,19H,6-10H2,1H3. The molecule has 1 N–H and O–H groups in total. The maximum absolute atomic E-state index is 12.1. The van der Waals surface area contributed by atoms with Gasteiger partial charge in [-0.2, -0.15) is 0 Å². The topological polar surface area (TPSA) is 40.5 Å². The third-order valence-electron chi connectivity index (χ3n) is 3.83. The van der Waals surface area contributed by atoms with Crippen molar-refractivity contribution < 1.29 is 9.90 Å². The second-order valence-electron chi connectivity index (χ2n) is 5.29. The number of β-amino-alcohol motifs (C(OH)–C–C–N with tert-alkyl or cyclic N) is 1. The van der Waals surface area contributed by atoms with Crippen LogP contribution < -0.4 is 0 Å². The molecule has 2 atom stereocenters. The Morgan fingerprint density at radius 3 is 2.89 bits per heavy atom. The Hall–Kier alpha value is -0.900. The van der Waals surface area contributed by atoms with Gasteiger partial charge < -0.3 is 10.0 Å². The summed E-state index contributed by atoms with van der Waals surface area (Å²) >= 11 is 6.01. The molecule has 1 heterocycles. The first-order chi connectivity index (χ1) is 9.08. The highest BCUT2D eigenvalue weighted by atomic mass is 35.5. The lowest BCUT2D eigenvalue weighted by atomic mass is 9.96. The summed E-state index contributed by atoms with van der Waals surface area (Å²) in [4.78, 5) is 14.2. The normalized spacial score (nSPS) is 24.4. The third-order valence-corrected chi connectivity index (χ3v) is 4.16. The number of halogens is 1. The van der Waals surface area contributed by atoms with E-state index in [2.05, 4.69) is 11.8 Å². The predicted molar refractivity (Wildman–Crippen MR) is 76.6 cm³/mol. The minimum absolute atomic E-state index is 0.0683. The van der Waals surface area contributed by atoms with E-state index in [9.17, 15) is 9.90 Å². The summed E-state index contributed by atoms with van der Waals surface area (Å²) in [6.07, 6.45) is 1.16. The molecule has 0 aliphatic carbocycles. The van der Waals surface area contributed by atoms with Gasteiger partial charge in [0.2, 0.25) is 0 Å². The Balaban J connectivity index is 1.86. The zero-order chi connectivity index (χ0) is 13.8. The van der Waals surface area contributed by atoms with Crippen LogP contribution in [0.4, 0.5) is 0 Å². The molecule has 3 nitrogen and oxygen atoms in total. The van der Waals surface area contributed by atoms with E-state index in [1.807, 2.05) is 12.1 Å². The van der Waals surface area contributed by atoms with E-state index in [0.29, 0.717) is 36.0 Å². The monoisotopic (exact) mass is 281 g/mol. The Morgan fingerprint density at radius 2 is 2.21 bits per heavy atom. The van der Waals surface area contributed by atoms with Crippen molar-refractivity contribution in [3.05, 3.63) is 34.9 Å². The summed E-state index contributed by atoms with van der Waals surface area (Å²) in [7, 11) is 0. The highest BCUT2D eigenvalue weighted by Crippen LogP contribution is 2.19. The number of ketones is 1. The minimum Gasteiger partial charge on any atom is -0.392 e. The van der Waals surface area contributed by atoms with Crippen LogP contribution in [-0.2, 0) is 0 Å². The molecule has 1 aromatic carbocycles. The SMILES string of the molecule is CC1CCN(CCC(=O)c2ccccc2Cl)CC1O. The van der Waals surface area contributed by atoms with Crippen LogP contribution in [0.25, 0.3) is 0 Å². The van der Waals surface area contributed by atoms with Crippen LogP contribution in [0, 0.1) is 5.92 Å². The Kier molecular flexibility index (Phi) is 4.97. The fourth-order valence-corrected chi connectivity index (χ4v) is 2.64. The van der Waals surface area contributed by atoms with Crippen molar-refractivity contribution in [2.75, 3.05) is 19.6 Å². The van der Waals surface area contributed by atoms with Gasteiger partial charge in [0.1, 0.15) is 0 Å². The summed E-state index contributed by atoms with van der Waals surface area (Å²) < 4.78 is 0. The van der Waals surface area contributed by atoms with Gasteiger partial charge >= 0.3 is 0 Å². The Labute approximate surface area is 119 Å². The van der Waals surface area contributed by atoms with Gasteiger partial charge in [0, 0.05) is 25.1 Å². The van der Waals surface area contributed by atoms with Gasteiger partial charge in [0.15, 0.2) is 5.78 Å². The Morgan fingerprint density at radius 1 is 1.47 bits per heavy atom. The molecule has 0 amide bonds. The van der Waals surface area contributed by atoms with Gasteiger partial charge in [-0.1, -0.05) is 30.7 Å². The number of likely N-dealkylation sites (tertiary alicyclic amines) is 1. The summed E-state index contributed by atoms with van der Waals surface area (Å²) in [5.41, 5.74) is 0.593. The maximum Gasteiger partial charge on any atom is 0.165 e. The van der Waals surface area contributed by atoms with Gasteiger partial charge in [-0.3, -0.25) is 4.79 Å². The zero-order valence-electron chi connectivity index (χ0n) is 11.2. The zero-order valence-corrected chi connectivity index (χ0v) is 11.9. The van der Waals surface area contributed by atoms with E-state index in [4.69, 9.17) is 11.6 Å². The van der Waals surface area contributed by atoms with Crippen LogP contribution in [-0.4, -0.2) is 41.5 Å². The number of aliphatic hydroxyl groups is 1. The number of carbonyl (C=O) groups excluding carboxylic acids is 1. The molecular formula is C15H20ClNO2. The molecule has 0 aromatic heterocycles. The molecule has 4 heteroatoms. The van der Waals surface area contributed by atoms with Crippen LogP contribution in [0.5, 0.6) is 0 Å². The largest absolute Gasteiger partial charge is 0.392 e. The highest BCUT2D eigenvalue weighted by molar-refractivity contribution is 6.33. The average Bonchev–Trinajstić information content (AvgIpc) is 2.40. The fraction of sp³-hybridized carbons (Fsp3) is 0.533. The van der Waals surface area contributed by atoms with Crippen LogP contribution in [0.2, 0.25) is 5.02 Å². The number of nitrogens with zero attached hydrogens (tertiary/aromatic N) is 1. The van der Waals surface area contributed by atoms with E-state index in [-0.39, 0.29) is 11.9 Å². The second kappa shape index (κ2) is 6.51. The number of hydrogen-bond donors (Lipinski definition) is 1. The molecular weight excluding hydrogens is 262 g/mol. The first-order valence-electron chi connectivity index (χ1n) is 6.76. The number of rotatable bonds is 4. The van der Waals surface area contributed by atoms with Gasteiger partial charge in [0.25, 0.3) is 0 Å². The molecule has 1 aliphatic rings. The van der Waals surface area contributed by atoms with Crippen molar-refractivity contribution in [2.24, 2.45) is 5.92 Å². The van der Waals surface area contributed by atoms with Crippen molar-refractivity contribution in [2.45, 2.75) is 25.9 Å². The minimum atomic E-state index is -0.274. The van der Waals surface area contributed by atoms with E-state index in [1.54, 1.807) is 12.1 Å². The lowest BCUT2D eigenvalue weighted by Crippen LogP contribution is -2.43. The lowest BCUT2D eigenvalue weighted by Gasteiger charge is -2.34. The molecule has 1 saturated heterocycles. The lowest BCUT2D eigenvalue weighted by molar-refractivity contribution is 0.0287. The number of Topliss-reactive ketones (excluding diaryl/α,β-unsaturated/α-hetero) is 1. The van der Waals surface area contributed by atoms with Crippen molar-refractivity contribution >= 4 is 17.4 Å². The molecule has 1 fully saturated rings. The number of hydrogen-bond acceptors (Lipinski definition) is 3. The fourth-order valence-electron chi connectivity index (χ4n) is 2.40.